The standard InChI is InChI=1S/C14H12ClFN4/c15-9-2-1-8-4-6-19-12(10(8)7-9)14(16)5-3-11(17)20-13(14)18/h1-7,13H,18H2,(H2,17,20). The van der Waals surface area contributed by atoms with E-state index in [1.807, 2.05) is 6.07 Å². The Morgan fingerprint density at radius 3 is 2.85 bits per heavy atom. The number of pyridine rings is 1. The van der Waals surface area contributed by atoms with E-state index in [0.29, 0.717) is 10.4 Å². The van der Waals surface area contributed by atoms with Gasteiger partial charge in [-0.25, -0.2) is 9.38 Å². The molecule has 20 heavy (non-hydrogen) atoms. The van der Waals surface area contributed by atoms with Gasteiger partial charge in [0.1, 0.15) is 12.0 Å². The van der Waals surface area contributed by atoms with E-state index in [2.05, 4.69) is 9.98 Å². The highest BCUT2D eigenvalue weighted by atomic mass is 35.5. The van der Waals surface area contributed by atoms with Crippen molar-refractivity contribution in [3.63, 3.8) is 0 Å². The largest absolute Gasteiger partial charge is 0.384 e. The Labute approximate surface area is 120 Å². The van der Waals surface area contributed by atoms with Gasteiger partial charge >= 0.3 is 0 Å². The van der Waals surface area contributed by atoms with E-state index in [-0.39, 0.29) is 11.5 Å². The number of benzene rings is 1. The Hall–Kier alpha value is -1.98. The number of hydrogen-bond donors (Lipinski definition) is 2. The van der Waals surface area contributed by atoms with Crippen molar-refractivity contribution < 1.29 is 4.39 Å². The Morgan fingerprint density at radius 2 is 2.10 bits per heavy atom. The Balaban J connectivity index is 2.25. The summed E-state index contributed by atoms with van der Waals surface area (Å²) in [6.45, 7) is 0. The molecule has 1 aliphatic rings. The SMILES string of the molecule is NC1=NC(N)C(F)(c2nccc3ccc(Cl)cc23)C=C1. The highest BCUT2D eigenvalue weighted by Gasteiger charge is 2.41. The van der Waals surface area contributed by atoms with Crippen molar-refractivity contribution in [2.75, 3.05) is 0 Å². The lowest BCUT2D eigenvalue weighted by Gasteiger charge is -2.28. The first-order valence-corrected chi connectivity index (χ1v) is 6.40. The average molecular weight is 291 g/mol. The third kappa shape index (κ3) is 1.95. The zero-order valence-corrected chi connectivity index (χ0v) is 11.2. The van der Waals surface area contributed by atoms with Crippen molar-refractivity contribution in [2.24, 2.45) is 16.5 Å². The highest BCUT2D eigenvalue weighted by Crippen LogP contribution is 2.36. The number of halogens is 2. The molecule has 0 radical (unpaired) electrons. The molecule has 3 rings (SSSR count). The zero-order chi connectivity index (χ0) is 14.3. The van der Waals surface area contributed by atoms with Crippen LogP contribution in [0, 0.1) is 0 Å². The molecule has 0 fully saturated rings. The second-order valence-corrected chi connectivity index (χ2v) is 5.06. The molecule has 0 amide bonds. The molecule has 0 saturated heterocycles. The summed E-state index contributed by atoms with van der Waals surface area (Å²) in [5, 5.41) is 1.95. The van der Waals surface area contributed by atoms with Crippen LogP contribution in [-0.2, 0) is 5.67 Å². The molecule has 4 nitrogen and oxygen atoms in total. The summed E-state index contributed by atoms with van der Waals surface area (Å²) in [7, 11) is 0. The molecule has 0 saturated carbocycles. The summed E-state index contributed by atoms with van der Waals surface area (Å²) < 4.78 is 15.3. The first-order chi connectivity index (χ1) is 9.50. The van der Waals surface area contributed by atoms with E-state index >= 15 is 4.39 Å². The third-order valence-electron chi connectivity index (χ3n) is 3.31. The van der Waals surface area contributed by atoms with Gasteiger partial charge in [-0.2, -0.15) is 0 Å². The first-order valence-electron chi connectivity index (χ1n) is 6.02. The smallest absolute Gasteiger partial charge is 0.206 e. The predicted octanol–water partition coefficient (Wildman–Crippen LogP) is 2.26. The zero-order valence-electron chi connectivity index (χ0n) is 10.4. The van der Waals surface area contributed by atoms with E-state index in [1.54, 1.807) is 18.2 Å². The van der Waals surface area contributed by atoms with Crippen molar-refractivity contribution in [2.45, 2.75) is 11.8 Å². The second-order valence-electron chi connectivity index (χ2n) is 4.63. The van der Waals surface area contributed by atoms with Gasteiger partial charge in [0.15, 0.2) is 0 Å². The Kier molecular flexibility index (Phi) is 2.96. The molecule has 0 bridgehead atoms. The quantitative estimate of drug-likeness (QED) is 0.846. The molecule has 1 aliphatic heterocycles. The van der Waals surface area contributed by atoms with E-state index in [4.69, 9.17) is 23.1 Å². The molecule has 2 atom stereocenters. The molecule has 4 N–H and O–H groups in total. The van der Waals surface area contributed by atoms with Gasteiger partial charge in [-0.3, -0.25) is 4.98 Å². The fourth-order valence-electron chi connectivity index (χ4n) is 2.27. The minimum Gasteiger partial charge on any atom is -0.384 e. The number of hydrogen-bond acceptors (Lipinski definition) is 4. The number of nitrogens with two attached hydrogens (primary N) is 2. The van der Waals surface area contributed by atoms with Crippen LogP contribution in [0.25, 0.3) is 10.8 Å². The molecule has 0 spiro atoms. The third-order valence-corrected chi connectivity index (χ3v) is 3.54. The maximum Gasteiger partial charge on any atom is 0.206 e. The molecular weight excluding hydrogens is 279 g/mol. The van der Waals surface area contributed by atoms with Crippen molar-refractivity contribution in [1.29, 1.82) is 0 Å². The summed E-state index contributed by atoms with van der Waals surface area (Å²) in [4.78, 5) is 8.02. The van der Waals surface area contributed by atoms with Crippen LogP contribution < -0.4 is 11.5 Å². The van der Waals surface area contributed by atoms with Gasteiger partial charge in [0.05, 0.1) is 5.69 Å². The van der Waals surface area contributed by atoms with Crippen LogP contribution in [0.15, 0.2) is 47.6 Å². The summed E-state index contributed by atoms with van der Waals surface area (Å²) in [6.07, 6.45) is 3.09. The molecule has 2 heterocycles. The number of dihydropyridines is 1. The number of amidine groups is 1. The van der Waals surface area contributed by atoms with Crippen LogP contribution in [-0.4, -0.2) is 17.0 Å². The first kappa shape index (κ1) is 13.0. The fraction of sp³-hybridized carbons (Fsp3) is 0.143. The van der Waals surface area contributed by atoms with E-state index in [0.717, 1.165) is 5.39 Å². The lowest BCUT2D eigenvalue weighted by Crippen LogP contribution is -2.43. The van der Waals surface area contributed by atoms with Gasteiger partial charge in [-0.15, -0.1) is 0 Å². The van der Waals surface area contributed by atoms with Gasteiger partial charge in [-0.1, -0.05) is 17.7 Å². The number of aliphatic imine (C=N–C) groups is 1. The number of alkyl halides is 1. The highest BCUT2D eigenvalue weighted by molar-refractivity contribution is 6.31. The van der Waals surface area contributed by atoms with E-state index in [1.165, 1.54) is 18.3 Å². The van der Waals surface area contributed by atoms with Crippen molar-refractivity contribution in [3.8, 4) is 0 Å². The lowest BCUT2D eigenvalue weighted by atomic mass is 9.91. The maximum atomic E-state index is 15.3. The van der Waals surface area contributed by atoms with Gasteiger partial charge < -0.3 is 11.5 Å². The van der Waals surface area contributed by atoms with Crippen LogP contribution >= 0.6 is 11.6 Å². The topological polar surface area (TPSA) is 77.3 Å². The van der Waals surface area contributed by atoms with Gasteiger partial charge in [-0.05, 0) is 35.7 Å². The van der Waals surface area contributed by atoms with E-state index < -0.39 is 11.8 Å². The predicted molar refractivity (Wildman–Crippen MR) is 78.3 cm³/mol. The van der Waals surface area contributed by atoms with Crippen LogP contribution in [0.3, 0.4) is 0 Å². The minimum absolute atomic E-state index is 0.192. The minimum atomic E-state index is -2.01. The lowest BCUT2D eigenvalue weighted by molar-refractivity contribution is 0.185. The number of aromatic nitrogens is 1. The summed E-state index contributed by atoms with van der Waals surface area (Å²) in [5.74, 6) is 0.198. The normalized spacial score (nSPS) is 25.8. The van der Waals surface area contributed by atoms with Crippen molar-refractivity contribution in [1.82, 2.24) is 4.98 Å². The van der Waals surface area contributed by atoms with Crippen LogP contribution in [0.5, 0.6) is 0 Å². The molecule has 1 aromatic carbocycles. The molecular formula is C14H12ClFN4. The molecule has 2 aromatic rings. The number of rotatable bonds is 1. The summed E-state index contributed by atoms with van der Waals surface area (Å²) >= 11 is 5.99. The molecule has 6 heteroatoms. The van der Waals surface area contributed by atoms with Gasteiger partial charge in [0, 0.05) is 16.6 Å². The van der Waals surface area contributed by atoms with Crippen LogP contribution in [0.4, 0.5) is 4.39 Å². The molecule has 0 aliphatic carbocycles. The van der Waals surface area contributed by atoms with E-state index in [9.17, 15) is 0 Å². The Bertz CT molecular complexity index is 743. The van der Waals surface area contributed by atoms with Crippen LogP contribution in [0.1, 0.15) is 5.69 Å². The average Bonchev–Trinajstić information content (AvgIpc) is 2.42. The second kappa shape index (κ2) is 4.54. The molecule has 2 unspecified atom stereocenters. The Morgan fingerprint density at radius 1 is 1.30 bits per heavy atom. The molecule has 1 aromatic heterocycles. The monoisotopic (exact) mass is 290 g/mol. The number of fused-ring (bicyclic) bond motifs is 1. The fourth-order valence-corrected chi connectivity index (χ4v) is 2.44. The van der Waals surface area contributed by atoms with Crippen LogP contribution in [0.2, 0.25) is 5.02 Å². The molecule has 102 valence electrons. The van der Waals surface area contributed by atoms with Crippen molar-refractivity contribution in [3.05, 3.63) is 53.3 Å². The van der Waals surface area contributed by atoms with Crippen molar-refractivity contribution >= 4 is 28.2 Å². The summed E-state index contributed by atoms with van der Waals surface area (Å²) in [5.41, 5.74) is 9.52. The van der Waals surface area contributed by atoms with Gasteiger partial charge in [0.25, 0.3) is 0 Å². The summed E-state index contributed by atoms with van der Waals surface area (Å²) in [6, 6.07) is 7.00. The van der Waals surface area contributed by atoms with Gasteiger partial charge in [0.2, 0.25) is 5.67 Å². The maximum absolute atomic E-state index is 15.3. The number of nitrogens with zero attached hydrogens (tertiary/aromatic N) is 2.